The van der Waals surface area contributed by atoms with Gasteiger partial charge in [-0.1, -0.05) is 48.5 Å². The van der Waals surface area contributed by atoms with Crippen LogP contribution in [0.5, 0.6) is 0 Å². The van der Waals surface area contributed by atoms with Crippen molar-refractivity contribution in [2.45, 2.75) is 31.4 Å². The number of ether oxygens (including phenoxy) is 1. The first-order valence-electron chi connectivity index (χ1n) is 9.57. The SMILES string of the molecule is O=C(NCC1CCCO1)C1c2ccccc2C(=O)N1CCc1ccccc1. The highest BCUT2D eigenvalue weighted by atomic mass is 16.5. The van der Waals surface area contributed by atoms with Crippen LogP contribution in [0.4, 0.5) is 0 Å². The van der Waals surface area contributed by atoms with Crippen LogP contribution in [0.3, 0.4) is 0 Å². The number of fused-ring (bicyclic) bond motifs is 1. The molecule has 1 saturated heterocycles. The van der Waals surface area contributed by atoms with Crippen LogP contribution in [-0.4, -0.2) is 42.5 Å². The number of rotatable bonds is 6. The Morgan fingerprint density at radius 1 is 1.11 bits per heavy atom. The number of hydrogen-bond donors (Lipinski definition) is 1. The Kier molecular flexibility index (Phi) is 5.21. The van der Waals surface area contributed by atoms with Gasteiger partial charge in [0.2, 0.25) is 5.91 Å². The van der Waals surface area contributed by atoms with Crippen LogP contribution in [0.15, 0.2) is 54.6 Å². The fraction of sp³-hybridized carbons (Fsp3) is 0.364. The van der Waals surface area contributed by atoms with Gasteiger partial charge >= 0.3 is 0 Å². The van der Waals surface area contributed by atoms with E-state index in [4.69, 9.17) is 4.74 Å². The summed E-state index contributed by atoms with van der Waals surface area (Å²) in [7, 11) is 0. The molecule has 0 spiro atoms. The minimum absolute atomic E-state index is 0.0706. The first-order valence-corrected chi connectivity index (χ1v) is 9.57. The topological polar surface area (TPSA) is 58.6 Å². The summed E-state index contributed by atoms with van der Waals surface area (Å²) >= 11 is 0. The van der Waals surface area contributed by atoms with Gasteiger partial charge in [-0.15, -0.1) is 0 Å². The summed E-state index contributed by atoms with van der Waals surface area (Å²) in [6.45, 7) is 1.77. The summed E-state index contributed by atoms with van der Waals surface area (Å²) in [6.07, 6.45) is 2.81. The summed E-state index contributed by atoms with van der Waals surface area (Å²) in [5.41, 5.74) is 2.57. The van der Waals surface area contributed by atoms with Gasteiger partial charge in [0.25, 0.3) is 5.91 Å². The summed E-state index contributed by atoms with van der Waals surface area (Å²) in [6, 6.07) is 16.9. The highest BCUT2D eigenvalue weighted by Crippen LogP contribution is 2.33. The molecule has 1 fully saturated rings. The van der Waals surface area contributed by atoms with E-state index in [0.29, 0.717) is 18.7 Å². The van der Waals surface area contributed by atoms with Crippen LogP contribution in [0.2, 0.25) is 0 Å². The Bertz CT molecular complexity index is 815. The lowest BCUT2D eigenvalue weighted by atomic mass is 10.0. The lowest BCUT2D eigenvalue weighted by Gasteiger charge is -2.25. The van der Waals surface area contributed by atoms with Crippen molar-refractivity contribution in [1.29, 1.82) is 0 Å². The molecular weight excluding hydrogens is 340 g/mol. The van der Waals surface area contributed by atoms with Crippen LogP contribution >= 0.6 is 0 Å². The molecule has 2 unspecified atom stereocenters. The van der Waals surface area contributed by atoms with Crippen LogP contribution in [0, 0.1) is 0 Å². The van der Waals surface area contributed by atoms with Gasteiger partial charge in [0.1, 0.15) is 6.04 Å². The predicted octanol–water partition coefficient (Wildman–Crippen LogP) is 2.72. The van der Waals surface area contributed by atoms with E-state index in [9.17, 15) is 9.59 Å². The predicted molar refractivity (Wildman–Crippen MR) is 102 cm³/mol. The molecule has 2 aliphatic rings. The molecule has 0 bridgehead atoms. The molecule has 0 aromatic heterocycles. The Morgan fingerprint density at radius 2 is 1.89 bits per heavy atom. The Balaban J connectivity index is 1.50. The van der Waals surface area contributed by atoms with Crippen molar-refractivity contribution in [3.8, 4) is 0 Å². The van der Waals surface area contributed by atoms with E-state index in [2.05, 4.69) is 5.32 Å². The monoisotopic (exact) mass is 364 g/mol. The molecular formula is C22H24N2O3. The normalized spacial score (nSPS) is 21.3. The maximum atomic E-state index is 13.0. The maximum Gasteiger partial charge on any atom is 0.255 e. The molecule has 27 heavy (non-hydrogen) atoms. The Labute approximate surface area is 159 Å². The van der Waals surface area contributed by atoms with Gasteiger partial charge < -0.3 is 15.0 Å². The van der Waals surface area contributed by atoms with E-state index in [-0.39, 0.29) is 17.9 Å². The van der Waals surface area contributed by atoms with Crippen LogP contribution in [-0.2, 0) is 16.0 Å². The van der Waals surface area contributed by atoms with Gasteiger partial charge in [-0.25, -0.2) is 0 Å². The fourth-order valence-corrected chi connectivity index (χ4v) is 3.89. The molecule has 0 saturated carbocycles. The number of carbonyl (C=O) groups is 2. The van der Waals surface area contributed by atoms with Crippen LogP contribution in [0.25, 0.3) is 0 Å². The number of amides is 2. The second kappa shape index (κ2) is 7.92. The quantitative estimate of drug-likeness (QED) is 0.857. The molecule has 5 heteroatoms. The van der Waals surface area contributed by atoms with E-state index in [1.54, 1.807) is 11.0 Å². The zero-order chi connectivity index (χ0) is 18.6. The van der Waals surface area contributed by atoms with Gasteiger partial charge in [-0.3, -0.25) is 9.59 Å². The van der Waals surface area contributed by atoms with Gasteiger partial charge in [0.05, 0.1) is 6.10 Å². The van der Waals surface area contributed by atoms with Crippen molar-refractivity contribution in [2.75, 3.05) is 19.7 Å². The summed E-state index contributed by atoms with van der Waals surface area (Å²) < 4.78 is 5.59. The molecule has 2 aromatic carbocycles. The Hall–Kier alpha value is -2.66. The van der Waals surface area contributed by atoms with E-state index in [0.717, 1.165) is 37.0 Å². The molecule has 0 radical (unpaired) electrons. The molecule has 2 atom stereocenters. The van der Waals surface area contributed by atoms with Crippen molar-refractivity contribution < 1.29 is 14.3 Å². The third kappa shape index (κ3) is 3.74. The average Bonchev–Trinajstić information content (AvgIpc) is 3.32. The summed E-state index contributed by atoms with van der Waals surface area (Å²) in [5, 5.41) is 3.00. The average molecular weight is 364 g/mol. The van der Waals surface area contributed by atoms with Gasteiger partial charge in [0.15, 0.2) is 0 Å². The lowest BCUT2D eigenvalue weighted by molar-refractivity contribution is -0.126. The number of carbonyl (C=O) groups excluding carboxylic acids is 2. The molecule has 140 valence electrons. The molecule has 1 N–H and O–H groups in total. The molecule has 5 nitrogen and oxygen atoms in total. The number of hydrogen-bond acceptors (Lipinski definition) is 3. The third-order valence-corrected chi connectivity index (χ3v) is 5.32. The Morgan fingerprint density at radius 3 is 2.67 bits per heavy atom. The maximum absolute atomic E-state index is 13.0. The van der Waals surface area contributed by atoms with Crippen LogP contribution in [0.1, 0.15) is 40.4 Å². The van der Waals surface area contributed by atoms with Gasteiger partial charge in [-0.2, -0.15) is 0 Å². The number of benzene rings is 2. The van der Waals surface area contributed by atoms with Crippen molar-refractivity contribution in [3.63, 3.8) is 0 Å². The van der Waals surface area contributed by atoms with Crippen molar-refractivity contribution in [1.82, 2.24) is 10.2 Å². The third-order valence-electron chi connectivity index (χ3n) is 5.32. The minimum Gasteiger partial charge on any atom is -0.376 e. The first-order chi connectivity index (χ1) is 13.2. The second-order valence-electron chi connectivity index (χ2n) is 7.10. The highest BCUT2D eigenvalue weighted by Gasteiger charge is 2.40. The second-order valence-corrected chi connectivity index (χ2v) is 7.10. The van der Waals surface area contributed by atoms with Crippen LogP contribution < -0.4 is 5.32 Å². The van der Waals surface area contributed by atoms with E-state index < -0.39 is 6.04 Å². The first kappa shape index (κ1) is 17.7. The zero-order valence-corrected chi connectivity index (χ0v) is 15.3. The van der Waals surface area contributed by atoms with E-state index in [1.165, 1.54) is 0 Å². The zero-order valence-electron chi connectivity index (χ0n) is 15.3. The highest BCUT2D eigenvalue weighted by molar-refractivity contribution is 6.04. The number of nitrogens with zero attached hydrogens (tertiary/aromatic N) is 1. The number of nitrogens with one attached hydrogen (secondary N) is 1. The molecule has 4 rings (SSSR count). The van der Waals surface area contributed by atoms with Crippen molar-refractivity contribution >= 4 is 11.8 Å². The molecule has 2 aromatic rings. The molecule has 2 aliphatic heterocycles. The van der Waals surface area contributed by atoms with E-state index in [1.807, 2.05) is 48.5 Å². The van der Waals surface area contributed by atoms with E-state index >= 15 is 0 Å². The summed E-state index contributed by atoms with van der Waals surface area (Å²) in [5.74, 6) is -0.198. The fourth-order valence-electron chi connectivity index (χ4n) is 3.89. The molecule has 2 heterocycles. The molecule has 0 aliphatic carbocycles. The molecule has 2 amide bonds. The summed E-state index contributed by atoms with van der Waals surface area (Å²) in [4.78, 5) is 27.6. The lowest BCUT2D eigenvalue weighted by Crippen LogP contribution is -2.42. The largest absolute Gasteiger partial charge is 0.376 e. The smallest absolute Gasteiger partial charge is 0.255 e. The van der Waals surface area contributed by atoms with Gasteiger partial charge in [0, 0.05) is 25.3 Å². The van der Waals surface area contributed by atoms with Crippen molar-refractivity contribution in [3.05, 3.63) is 71.3 Å². The minimum atomic E-state index is -0.571. The van der Waals surface area contributed by atoms with Crippen molar-refractivity contribution in [2.24, 2.45) is 0 Å². The van der Waals surface area contributed by atoms with Gasteiger partial charge in [-0.05, 0) is 36.5 Å². The standard InChI is InChI=1S/C22H24N2O3/c25-21(23-15-17-9-6-14-27-17)20-18-10-4-5-11-19(18)22(26)24(20)13-12-16-7-2-1-3-8-16/h1-5,7-8,10-11,17,20H,6,9,12-15H2,(H,23,25).